The van der Waals surface area contributed by atoms with Crippen LogP contribution in [0, 0.1) is 0 Å². The van der Waals surface area contributed by atoms with E-state index in [1.807, 2.05) is 19.9 Å². The van der Waals surface area contributed by atoms with Gasteiger partial charge in [-0.25, -0.2) is 4.79 Å². The van der Waals surface area contributed by atoms with Crippen LogP contribution in [0.4, 0.5) is 0 Å². The average Bonchev–Trinajstić information content (AvgIpc) is 3.11. The van der Waals surface area contributed by atoms with Crippen LogP contribution in [-0.2, 0) is 20.1 Å². The first-order valence-electron chi connectivity index (χ1n) is 10.0. The van der Waals surface area contributed by atoms with Gasteiger partial charge in [0.05, 0.1) is 6.54 Å². The summed E-state index contributed by atoms with van der Waals surface area (Å²) in [7, 11) is 1.52. The maximum Gasteiger partial charge on any atom is 0.332 e. The van der Waals surface area contributed by atoms with E-state index in [9.17, 15) is 14.4 Å². The summed E-state index contributed by atoms with van der Waals surface area (Å²) in [4.78, 5) is 43.2. The first kappa shape index (κ1) is 22.2. The number of allylic oxidation sites excluding steroid dienone is 2. The lowest BCUT2D eigenvalue weighted by Crippen LogP contribution is -2.41. The van der Waals surface area contributed by atoms with Crippen LogP contribution < -0.4 is 21.7 Å². The van der Waals surface area contributed by atoms with Crippen LogP contribution in [0.5, 0.6) is 6.01 Å². The number of nitrogens with two attached hydrogens (primary N) is 1. The van der Waals surface area contributed by atoms with E-state index in [1.54, 1.807) is 41.8 Å². The fraction of sp³-hybridized carbons (Fsp3) is 0.364. The molecule has 0 saturated heterocycles. The van der Waals surface area contributed by atoms with Crippen LogP contribution in [-0.4, -0.2) is 37.1 Å². The van der Waals surface area contributed by atoms with E-state index >= 15 is 0 Å². The van der Waals surface area contributed by atoms with Crippen molar-refractivity contribution in [1.82, 2.24) is 18.7 Å². The molecule has 1 aromatic carbocycles. The number of fused-ring (bicyclic) bond motifs is 1. The normalized spacial score (nSPS) is 12.0. The van der Waals surface area contributed by atoms with Gasteiger partial charge in [0.1, 0.15) is 6.61 Å². The topological polar surface area (TPSA) is 114 Å². The van der Waals surface area contributed by atoms with Gasteiger partial charge in [-0.2, -0.15) is 4.98 Å². The molecule has 0 spiro atoms. The summed E-state index contributed by atoms with van der Waals surface area (Å²) in [5.41, 5.74) is 6.45. The smallest absolute Gasteiger partial charge is 0.332 e. The summed E-state index contributed by atoms with van der Waals surface area (Å²) in [6, 6.07) is 8.51. The minimum absolute atomic E-state index is 0.195. The monoisotopic (exact) mass is 425 g/mol. The van der Waals surface area contributed by atoms with Crippen LogP contribution >= 0.6 is 0 Å². The first-order chi connectivity index (χ1) is 14.7. The fourth-order valence-electron chi connectivity index (χ4n) is 3.11. The Labute approximate surface area is 179 Å². The van der Waals surface area contributed by atoms with E-state index in [2.05, 4.69) is 4.98 Å². The van der Waals surface area contributed by atoms with E-state index in [4.69, 9.17) is 10.5 Å². The number of aromatic nitrogens is 4. The quantitative estimate of drug-likeness (QED) is 0.432. The third-order valence-corrected chi connectivity index (χ3v) is 4.75. The molecule has 31 heavy (non-hydrogen) atoms. The second-order valence-corrected chi connectivity index (χ2v) is 7.77. The largest absolute Gasteiger partial charge is 0.463 e. The molecular formula is C22H27N5O4. The van der Waals surface area contributed by atoms with Gasteiger partial charge in [0.2, 0.25) is 0 Å². The number of Topliss-reactive ketones (excluding diaryl/α,β-unsaturated/α-hetero) is 1. The predicted octanol–water partition coefficient (Wildman–Crippen LogP) is 1.47. The van der Waals surface area contributed by atoms with E-state index in [-0.39, 0.29) is 42.2 Å². The van der Waals surface area contributed by atoms with Gasteiger partial charge < -0.3 is 10.5 Å². The molecule has 2 aromatic heterocycles. The molecule has 2 heterocycles. The number of hydrogen-bond donors (Lipinski definition) is 1. The van der Waals surface area contributed by atoms with Gasteiger partial charge >= 0.3 is 5.69 Å². The van der Waals surface area contributed by atoms with Crippen molar-refractivity contribution in [3.05, 3.63) is 68.4 Å². The molecule has 164 valence electrons. The molecule has 2 N–H and O–H groups in total. The average molecular weight is 425 g/mol. The SMILES string of the molecule is CC(C)=CCn1c(OC[C@H](C)N)nc2c1c(=O)n(CC(=O)c1ccccc1)c(=O)n2C. The highest BCUT2D eigenvalue weighted by Gasteiger charge is 2.22. The zero-order valence-electron chi connectivity index (χ0n) is 18.2. The zero-order chi connectivity index (χ0) is 22.7. The third-order valence-electron chi connectivity index (χ3n) is 4.75. The summed E-state index contributed by atoms with van der Waals surface area (Å²) < 4.78 is 9.53. The summed E-state index contributed by atoms with van der Waals surface area (Å²) in [6.07, 6.45) is 1.92. The van der Waals surface area contributed by atoms with E-state index in [0.717, 1.165) is 10.1 Å². The number of nitrogens with zero attached hydrogens (tertiary/aromatic N) is 4. The molecule has 0 unspecified atom stereocenters. The maximum atomic E-state index is 13.3. The second kappa shape index (κ2) is 9.13. The van der Waals surface area contributed by atoms with E-state index in [0.29, 0.717) is 12.1 Å². The number of carbonyl (C=O) groups excluding carboxylic acids is 1. The third kappa shape index (κ3) is 4.66. The number of ketones is 1. The summed E-state index contributed by atoms with van der Waals surface area (Å²) in [5, 5.41) is 0. The van der Waals surface area contributed by atoms with Gasteiger partial charge in [0.25, 0.3) is 11.6 Å². The molecular weight excluding hydrogens is 398 g/mol. The Bertz CT molecular complexity index is 1240. The van der Waals surface area contributed by atoms with Crippen molar-refractivity contribution in [3.8, 4) is 6.01 Å². The highest BCUT2D eigenvalue weighted by Crippen LogP contribution is 2.18. The van der Waals surface area contributed by atoms with Crippen molar-refractivity contribution < 1.29 is 9.53 Å². The summed E-state index contributed by atoms with van der Waals surface area (Å²) >= 11 is 0. The molecule has 0 radical (unpaired) electrons. The predicted molar refractivity (Wildman–Crippen MR) is 119 cm³/mol. The Kier molecular flexibility index (Phi) is 6.55. The molecule has 0 bridgehead atoms. The molecule has 0 fully saturated rings. The van der Waals surface area contributed by atoms with E-state index < -0.39 is 11.2 Å². The number of ether oxygens (including phenoxy) is 1. The molecule has 3 aromatic rings. The molecule has 0 aliphatic heterocycles. The standard InChI is InChI=1S/C22H27N5O4/c1-14(2)10-11-26-18-19(24-21(26)31-13-15(3)23)25(4)22(30)27(20(18)29)12-17(28)16-8-6-5-7-9-16/h5-10,15H,11-13,23H2,1-4H3/t15-/m0/s1. The van der Waals surface area contributed by atoms with Crippen molar-refractivity contribution in [2.75, 3.05) is 6.61 Å². The maximum absolute atomic E-state index is 13.3. The lowest BCUT2D eigenvalue weighted by molar-refractivity contribution is 0.0969. The van der Waals surface area contributed by atoms with Gasteiger partial charge in [0, 0.05) is 25.2 Å². The molecule has 9 heteroatoms. The Morgan fingerprint density at radius 3 is 2.48 bits per heavy atom. The molecule has 0 aliphatic rings. The molecule has 0 aliphatic carbocycles. The minimum atomic E-state index is -0.618. The summed E-state index contributed by atoms with van der Waals surface area (Å²) in [5.74, 6) is -0.331. The van der Waals surface area contributed by atoms with Crippen molar-refractivity contribution in [3.63, 3.8) is 0 Å². The number of aryl methyl sites for hydroxylation is 1. The lowest BCUT2D eigenvalue weighted by Gasteiger charge is -2.11. The number of carbonyl (C=O) groups is 1. The fourth-order valence-corrected chi connectivity index (χ4v) is 3.11. The highest BCUT2D eigenvalue weighted by molar-refractivity contribution is 5.95. The van der Waals surface area contributed by atoms with Crippen molar-refractivity contribution in [2.45, 2.75) is 39.9 Å². The molecule has 0 saturated carbocycles. The van der Waals surface area contributed by atoms with Crippen molar-refractivity contribution in [2.24, 2.45) is 12.8 Å². The Balaban J connectivity index is 2.18. The van der Waals surface area contributed by atoms with Crippen LogP contribution in [0.15, 0.2) is 51.6 Å². The molecule has 9 nitrogen and oxygen atoms in total. The summed E-state index contributed by atoms with van der Waals surface area (Å²) in [6.45, 7) is 5.83. The molecule has 3 rings (SSSR count). The van der Waals surface area contributed by atoms with Gasteiger partial charge in [-0.15, -0.1) is 0 Å². The number of hydrogen-bond acceptors (Lipinski definition) is 6. The van der Waals surface area contributed by atoms with Crippen LogP contribution in [0.3, 0.4) is 0 Å². The van der Waals surface area contributed by atoms with Gasteiger partial charge in [-0.1, -0.05) is 42.0 Å². The number of imidazole rings is 1. The van der Waals surface area contributed by atoms with E-state index in [1.165, 1.54) is 11.6 Å². The first-order valence-corrected chi connectivity index (χ1v) is 10.0. The van der Waals surface area contributed by atoms with Gasteiger partial charge in [-0.05, 0) is 20.8 Å². The molecule has 1 atom stereocenters. The Hall–Kier alpha value is -3.46. The highest BCUT2D eigenvalue weighted by atomic mass is 16.5. The van der Waals surface area contributed by atoms with Crippen LogP contribution in [0.2, 0.25) is 0 Å². The van der Waals surface area contributed by atoms with Crippen molar-refractivity contribution >= 4 is 16.9 Å². The number of benzene rings is 1. The zero-order valence-corrected chi connectivity index (χ0v) is 18.2. The van der Waals surface area contributed by atoms with Crippen LogP contribution in [0.1, 0.15) is 31.1 Å². The van der Waals surface area contributed by atoms with Gasteiger partial charge in [-0.3, -0.25) is 23.3 Å². The number of rotatable bonds is 8. The minimum Gasteiger partial charge on any atom is -0.463 e. The Morgan fingerprint density at radius 2 is 1.87 bits per heavy atom. The lowest BCUT2D eigenvalue weighted by atomic mass is 10.1. The Morgan fingerprint density at radius 1 is 1.19 bits per heavy atom. The van der Waals surface area contributed by atoms with Crippen LogP contribution in [0.25, 0.3) is 11.2 Å². The molecule has 0 amide bonds. The second-order valence-electron chi connectivity index (χ2n) is 7.77. The van der Waals surface area contributed by atoms with Gasteiger partial charge in [0.15, 0.2) is 16.9 Å². The van der Waals surface area contributed by atoms with Crippen molar-refractivity contribution in [1.29, 1.82) is 0 Å².